The van der Waals surface area contributed by atoms with Crippen LogP contribution in [0.3, 0.4) is 0 Å². The fourth-order valence-electron chi connectivity index (χ4n) is 4.16. The van der Waals surface area contributed by atoms with Gasteiger partial charge in [0, 0.05) is 37.0 Å². The fourth-order valence-corrected chi connectivity index (χ4v) is 4.16. The van der Waals surface area contributed by atoms with Crippen molar-refractivity contribution in [2.45, 2.75) is 72.1 Å². The minimum atomic E-state index is 0. The molecule has 2 aromatic carbocycles. The first-order valence-corrected chi connectivity index (χ1v) is 11.0. The van der Waals surface area contributed by atoms with E-state index in [1.165, 1.54) is 11.1 Å². The summed E-state index contributed by atoms with van der Waals surface area (Å²) in [4.78, 5) is 24.5. The van der Waals surface area contributed by atoms with Gasteiger partial charge in [0.25, 0.3) is 0 Å². The Morgan fingerprint density at radius 1 is 0.781 bits per heavy atom. The van der Waals surface area contributed by atoms with Crippen molar-refractivity contribution in [1.82, 2.24) is 4.90 Å². The van der Waals surface area contributed by atoms with E-state index in [-0.39, 0.29) is 25.8 Å². The molecule has 2 aliphatic carbocycles. The molecule has 5 heteroatoms. The van der Waals surface area contributed by atoms with Gasteiger partial charge in [0.05, 0.1) is 0 Å². The van der Waals surface area contributed by atoms with Gasteiger partial charge in [-0.1, -0.05) is 68.1 Å². The zero-order valence-corrected chi connectivity index (χ0v) is 19.4. The van der Waals surface area contributed by atoms with E-state index < -0.39 is 0 Å². The highest BCUT2D eigenvalue weighted by Gasteiger charge is 2.36. The highest BCUT2D eigenvalue weighted by atomic mass is 35.5. The third kappa shape index (κ3) is 8.16. The maximum absolute atomic E-state index is 11.5. The van der Waals surface area contributed by atoms with Gasteiger partial charge < -0.3 is 5.73 Å². The van der Waals surface area contributed by atoms with E-state index in [2.05, 4.69) is 65.6 Å². The number of nitrogens with zero attached hydrogens (tertiary/aromatic N) is 1. The second-order valence-electron chi connectivity index (χ2n) is 8.85. The summed E-state index contributed by atoms with van der Waals surface area (Å²) in [6, 6.07) is 22.0. The Labute approximate surface area is 200 Å². The molecule has 0 heterocycles. The maximum Gasteiger partial charge on any atom is 0.133 e. The molecule has 0 amide bonds. The first-order chi connectivity index (χ1) is 14.4. The van der Waals surface area contributed by atoms with Crippen LogP contribution >= 0.6 is 12.4 Å². The Kier molecular flexibility index (Phi) is 11.8. The minimum absolute atomic E-state index is 0. The van der Waals surface area contributed by atoms with Crippen LogP contribution in [0, 0.1) is 11.8 Å². The van der Waals surface area contributed by atoms with E-state index in [0.29, 0.717) is 29.6 Å². The fraction of sp³-hybridized carbons (Fsp3) is 0.481. The topological polar surface area (TPSA) is 63.4 Å². The SMILES string of the molecule is C.CC(=O)C1CC(N(Cc2ccccc2)Cc2ccccc2)C1.CC(=O)C1CC(N)C1.Cl. The van der Waals surface area contributed by atoms with Gasteiger partial charge in [-0.25, -0.2) is 0 Å². The number of hydrogen-bond donors (Lipinski definition) is 1. The molecule has 0 saturated heterocycles. The Bertz CT molecular complexity index is 775. The Morgan fingerprint density at radius 3 is 1.47 bits per heavy atom. The predicted molar refractivity (Wildman–Crippen MR) is 135 cm³/mol. The number of benzene rings is 2. The Morgan fingerprint density at radius 2 is 1.16 bits per heavy atom. The van der Waals surface area contributed by atoms with Crippen molar-refractivity contribution in [3.05, 3.63) is 71.8 Å². The number of Topliss-reactive ketones (excluding diaryl/α,β-unsaturated/α-hetero) is 2. The van der Waals surface area contributed by atoms with E-state index in [1.54, 1.807) is 13.8 Å². The highest BCUT2D eigenvalue weighted by Crippen LogP contribution is 2.34. The van der Waals surface area contributed by atoms with Crippen LogP contribution in [-0.4, -0.2) is 28.6 Å². The molecule has 2 saturated carbocycles. The molecule has 4 nitrogen and oxygen atoms in total. The molecule has 2 N–H and O–H groups in total. The molecular formula is C27H39ClN2O2. The van der Waals surface area contributed by atoms with Crippen LogP contribution < -0.4 is 5.73 Å². The Hall–Kier alpha value is -2.01. The van der Waals surface area contributed by atoms with Crippen LogP contribution in [0.2, 0.25) is 0 Å². The summed E-state index contributed by atoms with van der Waals surface area (Å²) in [5.74, 6) is 1.21. The quantitative estimate of drug-likeness (QED) is 0.601. The third-order valence-electron chi connectivity index (χ3n) is 6.41. The minimum Gasteiger partial charge on any atom is -0.328 e. The predicted octanol–water partition coefficient (Wildman–Crippen LogP) is 5.43. The van der Waals surface area contributed by atoms with Gasteiger partial charge in [-0.3, -0.25) is 14.5 Å². The van der Waals surface area contributed by atoms with Crippen LogP contribution in [0.5, 0.6) is 0 Å². The molecule has 2 fully saturated rings. The molecule has 0 aliphatic heterocycles. The standard InChI is InChI=1S/C20H23NO.C6H11NO.CH4.ClH/c1-16(22)19-12-20(13-19)21(14-17-8-4-2-5-9-17)15-18-10-6-3-7-11-18;1-4(8)5-2-6(7)3-5;;/h2-11,19-20H,12-15H2,1H3;5-6H,2-3,7H2,1H3;1H4;1H. The van der Waals surface area contributed by atoms with Gasteiger partial charge in [0.2, 0.25) is 0 Å². The Balaban J connectivity index is 0.000000437. The molecule has 176 valence electrons. The molecule has 0 unspecified atom stereocenters. The average molecular weight is 459 g/mol. The summed E-state index contributed by atoms with van der Waals surface area (Å²) in [5, 5.41) is 0. The van der Waals surface area contributed by atoms with Crippen molar-refractivity contribution in [3.8, 4) is 0 Å². The molecule has 0 aromatic heterocycles. The summed E-state index contributed by atoms with van der Waals surface area (Å²) >= 11 is 0. The van der Waals surface area contributed by atoms with Gasteiger partial charge in [0.1, 0.15) is 11.6 Å². The molecule has 0 radical (unpaired) electrons. The van der Waals surface area contributed by atoms with Crippen molar-refractivity contribution >= 4 is 24.0 Å². The third-order valence-corrected chi connectivity index (χ3v) is 6.41. The first kappa shape index (κ1) is 28.0. The number of ketones is 2. The van der Waals surface area contributed by atoms with Crippen LogP contribution in [0.4, 0.5) is 0 Å². The molecule has 32 heavy (non-hydrogen) atoms. The summed E-state index contributed by atoms with van der Waals surface area (Å²) < 4.78 is 0. The van der Waals surface area contributed by atoms with Crippen LogP contribution in [0.1, 0.15) is 58.1 Å². The number of carbonyl (C=O) groups is 2. The summed E-state index contributed by atoms with van der Waals surface area (Å²) in [6.45, 7) is 5.26. The van der Waals surface area contributed by atoms with Crippen molar-refractivity contribution in [3.63, 3.8) is 0 Å². The highest BCUT2D eigenvalue weighted by molar-refractivity contribution is 5.85. The van der Waals surface area contributed by atoms with Crippen LogP contribution in [0.15, 0.2) is 60.7 Å². The summed E-state index contributed by atoms with van der Waals surface area (Å²) in [7, 11) is 0. The largest absolute Gasteiger partial charge is 0.328 e. The average Bonchev–Trinajstić information content (AvgIpc) is 2.66. The number of carbonyl (C=O) groups excluding carboxylic acids is 2. The zero-order chi connectivity index (χ0) is 21.5. The number of rotatable bonds is 7. The van der Waals surface area contributed by atoms with Gasteiger partial charge in [-0.2, -0.15) is 0 Å². The van der Waals surface area contributed by atoms with Gasteiger partial charge >= 0.3 is 0 Å². The first-order valence-electron chi connectivity index (χ1n) is 11.0. The van der Waals surface area contributed by atoms with E-state index in [0.717, 1.165) is 38.8 Å². The summed E-state index contributed by atoms with van der Waals surface area (Å²) in [6.07, 6.45) is 3.84. The lowest BCUT2D eigenvalue weighted by atomic mass is 9.77. The molecule has 2 aromatic rings. The van der Waals surface area contributed by atoms with E-state index in [9.17, 15) is 9.59 Å². The van der Waals surface area contributed by atoms with E-state index in [4.69, 9.17) is 5.73 Å². The lowest BCUT2D eigenvalue weighted by Gasteiger charge is -2.42. The van der Waals surface area contributed by atoms with Crippen molar-refractivity contribution in [2.24, 2.45) is 17.6 Å². The lowest BCUT2D eigenvalue weighted by Crippen LogP contribution is -2.45. The molecule has 0 spiro atoms. The second-order valence-corrected chi connectivity index (χ2v) is 8.85. The molecular weight excluding hydrogens is 420 g/mol. The van der Waals surface area contributed by atoms with Gasteiger partial charge in [0.15, 0.2) is 0 Å². The number of nitrogens with two attached hydrogens (primary N) is 1. The van der Waals surface area contributed by atoms with Gasteiger partial charge in [-0.15, -0.1) is 12.4 Å². The molecule has 0 atom stereocenters. The van der Waals surface area contributed by atoms with Crippen molar-refractivity contribution in [2.75, 3.05) is 0 Å². The van der Waals surface area contributed by atoms with Gasteiger partial charge in [-0.05, 0) is 50.7 Å². The summed E-state index contributed by atoms with van der Waals surface area (Å²) in [5.41, 5.74) is 8.13. The maximum atomic E-state index is 11.5. The van der Waals surface area contributed by atoms with Crippen molar-refractivity contribution in [1.29, 1.82) is 0 Å². The zero-order valence-electron chi connectivity index (χ0n) is 18.6. The smallest absolute Gasteiger partial charge is 0.133 e. The van der Waals surface area contributed by atoms with E-state index >= 15 is 0 Å². The molecule has 2 aliphatic rings. The second kappa shape index (κ2) is 13.5. The van der Waals surface area contributed by atoms with E-state index in [1.807, 2.05) is 0 Å². The number of halogens is 1. The normalized spacial score (nSPS) is 23.2. The number of hydrogen-bond acceptors (Lipinski definition) is 4. The lowest BCUT2D eigenvalue weighted by molar-refractivity contribution is -0.125. The molecule has 4 rings (SSSR count). The molecule has 0 bridgehead atoms. The monoisotopic (exact) mass is 458 g/mol. The van der Waals surface area contributed by atoms with Crippen LogP contribution in [-0.2, 0) is 22.7 Å². The van der Waals surface area contributed by atoms with Crippen molar-refractivity contribution < 1.29 is 9.59 Å². The van der Waals surface area contributed by atoms with Crippen LogP contribution in [0.25, 0.3) is 0 Å².